The summed E-state index contributed by atoms with van der Waals surface area (Å²) in [6.45, 7) is 2.12. The van der Waals surface area contributed by atoms with Gasteiger partial charge in [0.25, 0.3) is 0 Å². The molecule has 0 atom stereocenters. The van der Waals surface area contributed by atoms with E-state index < -0.39 is 0 Å². The van der Waals surface area contributed by atoms with Gasteiger partial charge in [0.2, 0.25) is 0 Å². The van der Waals surface area contributed by atoms with E-state index in [1.54, 1.807) is 0 Å². The fraction of sp³-hybridized carbons (Fsp3) is 0.0303. The molecule has 0 spiro atoms. The van der Waals surface area contributed by atoms with Crippen molar-refractivity contribution in [1.82, 2.24) is 0 Å². The number of hydrogen-bond acceptors (Lipinski definition) is 1. The van der Waals surface area contributed by atoms with Gasteiger partial charge >= 0.3 is 0 Å². The second-order valence-electron chi connectivity index (χ2n) is 8.78. The van der Waals surface area contributed by atoms with Crippen molar-refractivity contribution >= 4 is 38.6 Å². The molecule has 6 rings (SSSR count). The number of nitrogens with zero attached hydrogens (tertiary/aromatic N) is 1. The summed E-state index contributed by atoms with van der Waals surface area (Å²) in [6, 6.07) is 48.0. The van der Waals surface area contributed by atoms with Crippen LogP contribution >= 0.6 is 0 Å². The quantitative estimate of drug-likeness (QED) is 0.266. The van der Waals surface area contributed by atoms with E-state index in [0.717, 1.165) is 11.4 Å². The average Bonchev–Trinajstić information content (AvgIpc) is 2.90. The van der Waals surface area contributed by atoms with Crippen molar-refractivity contribution in [1.29, 1.82) is 0 Å². The lowest BCUT2D eigenvalue weighted by molar-refractivity contribution is 1.30. The first-order valence-corrected chi connectivity index (χ1v) is 11.7. The zero-order valence-electron chi connectivity index (χ0n) is 19.1. The molecule has 0 N–H and O–H groups in total. The van der Waals surface area contributed by atoms with Crippen LogP contribution < -0.4 is 4.90 Å². The summed E-state index contributed by atoms with van der Waals surface area (Å²) in [6.07, 6.45) is 0. The van der Waals surface area contributed by atoms with E-state index in [1.165, 1.54) is 43.9 Å². The van der Waals surface area contributed by atoms with Crippen LogP contribution in [0, 0.1) is 6.92 Å². The standard InChI is InChI=1S/C33H25N/c1-24-13-15-26(16-14-24)27-17-20-30(21-18-27)34(31-22-19-25-7-2-3-9-29(25)23-31)33-12-6-10-28-8-4-5-11-32(28)33/h2-23H,1H3. The lowest BCUT2D eigenvalue weighted by Crippen LogP contribution is -2.10. The molecule has 34 heavy (non-hydrogen) atoms. The third kappa shape index (κ3) is 3.72. The Morgan fingerprint density at radius 3 is 1.79 bits per heavy atom. The summed E-state index contributed by atoms with van der Waals surface area (Å²) in [7, 11) is 0. The largest absolute Gasteiger partial charge is 0.310 e. The van der Waals surface area contributed by atoms with Gasteiger partial charge < -0.3 is 4.90 Å². The predicted molar refractivity (Wildman–Crippen MR) is 146 cm³/mol. The molecule has 0 aliphatic carbocycles. The van der Waals surface area contributed by atoms with Crippen molar-refractivity contribution in [3.05, 3.63) is 139 Å². The van der Waals surface area contributed by atoms with Gasteiger partial charge in [0.15, 0.2) is 0 Å². The fourth-order valence-electron chi connectivity index (χ4n) is 4.70. The van der Waals surface area contributed by atoms with Crippen molar-refractivity contribution in [2.75, 3.05) is 4.90 Å². The van der Waals surface area contributed by atoms with E-state index >= 15 is 0 Å². The van der Waals surface area contributed by atoms with Gasteiger partial charge in [-0.25, -0.2) is 0 Å². The van der Waals surface area contributed by atoms with Crippen LogP contribution in [0.15, 0.2) is 133 Å². The average molecular weight is 436 g/mol. The van der Waals surface area contributed by atoms with Crippen LogP contribution in [0.1, 0.15) is 5.56 Å². The van der Waals surface area contributed by atoms with E-state index in [4.69, 9.17) is 0 Å². The second kappa shape index (κ2) is 8.53. The summed E-state index contributed by atoms with van der Waals surface area (Å²) in [5.41, 5.74) is 7.20. The van der Waals surface area contributed by atoms with E-state index in [9.17, 15) is 0 Å². The first-order valence-electron chi connectivity index (χ1n) is 11.7. The highest BCUT2D eigenvalue weighted by Crippen LogP contribution is 2.40. The van der Waals surface area contributed by atoms with Gasteiger partial charge in [0.05, 0.1) is 5.69 Å². The van der Waals surface area contributed by atoms with Crippen molar-refractivity contribution < 1.29 is 0 Å². The highest BCUT2D eigenvalue weighted by atomic mass is 15.1. The molecular weight excluding hydrogens is 410 g/mol. The smallest absolute Gasteiger partial charge is 0.0540 e. The van der Waals surface area contributed by atoms with Crippen LogP contribution in [0.2, 0.25) is 0 Å². The second-order valence-corrected chi connectivity index (χ2v) is 8.78. The van der Waals surface area contributed by atoms with Crippen LogP contribution in [0.25, 0.3) is 32.7 Å². The van der Waals surface area contributed by atoms with Crippen molar-refractivity contribution in [3.8, 4) is 11.1 Å². The van der Waals surface area contributed by atoms with Crippen molar-refractivity contribution in [3.63, 3.8) is 0 Å². The minimum absolute atomic E-state index is 1.14. The summed E-state index contributed by atoms with van der Waals surface area (Å²) in [5.74, 6) is 0. The molecule has 162 valence electrons. The van der Waals surface area contributed by atoms with Gasteiger partial charge in [-0.05, 0) is 64.5 Å². The number of aryl methyl sites for hydroxylation is 1. The van der Waals surface area contributed by atoms with Gasteiger partial charge in [0, 0.05) is 16.8 Å². The zero-order chi connectivity index (χ0) is 22.9. The first kappa shape index (κ1) is 20.3. The molecule has 0 aromatic heterocycles. The lowest BCUT2D eigenvalue weighted by Gasteiger charge is -2.27. The van der Waals surface area contributed by atoms with Crippen LogP contribution in [0.5, 0.6) is 0 Å². The van der Waals surface area contributed by atoms with Crippen LogP contribution in [-0.2, 0) is 0 Å². The molecule has 0 aliphatic heterocycles. The normalized spacial score (nSPS) is 11.1. The molecule has 6 aromatic carbocycles. The topological polar surface area (TPSA) is 3.24 Å². The Kier molecular flexibility index (Phi) is 5.08. The van der Waals surface area contributed by atoms with E-state index in [-0.39, 0.29) is 0 Å². The number of hydrogen-bond donors (Lipinski definition) is 0. The minimum atomic E-state index is 1.14. The van der Waals surface area contributed by atoms with Crippen molar-refractivity contribution in [2.45, 2.75) is 6.92 Å². The molecule has 0 radical (unpaired) electrons. The Hall–Kier alpha value is -4.36. The van der Waals surface area contributed by atoms with Crippen LogP contribution in [0.3, 0.4) is 0 Å². The van der Waals surface area contributed by atoms with E-state index in [1.807, 2.05) is 0 Å². The minimum Gasteiger partial charge on any atom is -0.310 e. The van der Waals surface area contributed by atoms with Gasteiger partial charge in [-0.2, -0.15) is 0 Å². The molecule has 6 aromatic rings. The number of anilines is 3. The molecule has 0 saturated carbocycles. The maximum absolute atomic E-state index is 2.37. The summed E-state index contributed by atoms with van der Waals surface area (Å²) < 4.78 is 0. The molecule has 0 heterocycles. The Labute approximate surface area is 200 Å². The lowest BCUT2D eigenvalue weighted by atomic mass is 10.0. The summed E-state index contributed by atoms with van der Waals surface area (Å²) >= 11 is 0. The fourth-order valence-corrected chi connectivity index (χ4v) is 4.70. The highest BCUT2D eigenvalue weighted by Gasteiger charge is 2.15. The number of fused-ring (bicyclic) bond motifs is 2. The maximum atomic E-state index is 2.37. The SMILES string of the molecule is Cc1ccc(-c2ccc(N(c3ccc4ccccc4c3)c3cccc4ccccc34)cc2)cc1. The molecule has 1 heteroatoms. The molecule has 0 saturated heterocycles. The Balaban J connectivity index is 1.52. The van der Waals surface area contributed by atoms with Gasteiger partial charge in [-0.1, -0.05) is 109 Å². The molecular formula is C33H25N. The molecule has 0 unspecified atom stereocenters. The van der Waals surface area contributed by atoms with Gasteiger partial charge in [0.1, 0.15) is 0 Å². The molecule has 0 amide bonds. The molecule has 1 nitrogen and oxygen atoms in total. The van der Waals surface area contributed by atoms with Crippen LogP contribution in [-0.4, -0.2) is 0 Å². The summed E-state index contributed by atoms with van der Waals surface area (Å²) in [4.78, 5) is 2.37. The third-order valence-corrected chi connectivity index (χ3v) is 6.51. The van der Waals surface area contributed by atoms with E-state index in [0.29, 0.717) is 0 Å². The summed E-state index contributed by atoms with van der Waals surface area (Å²) in [5, 5.41) is 4.96. The van der Waals surface area contributed by atoms with Crippen LogP contribution in [0.4, 0.5) is 17.1 Å². The molecule has 0 aliphatic rings. The third-order valence-electron chi connectivity index (χ3n) is 6.51. The Morgan fingerprint density at radius 1 is 0.441 bits per heavy atom. The van der Waals surface area contributed by atoms with Gasteiger partial charge in [-0.15, -0.1) is 0 Å². The number of benzene rings is 6. The zero-order valence-corrected chi connectivity index (χ0v) is 19.1. The van der Waals surface area contributed by atoms with Crippen molar-refractivity contribution in [2.24, 2.45) is 0 Å². The monoisotopic (exact) mass is 435 g/mol. The van der Waals surface area contributed by atoms with E-state index in [2.05, 4.69) is 145 Å². The predicted octanol–water partition coefficient (Wildman–Crippen LogP) is 9.44. The molecule has 0 fully saturated rings. The first-order chi connectivity index (χ1) is 16.8. The van der Waals surface area contributed by atoms with Gasteiger partial charge in [-0.3, -0.25) is 0 Å². The number of rotatable bonds is 4. The Morgan fingerprint density at radius 2 is 1.03 bits per heavy atom. The molecule has 0 bridgehead atoms. The maximum Gasteiger partial charge on any atom is 0.0540 e. The highest BCUT2D eigenvalue weighted by molar-refractivity contribution is 6.00. The Bertz CT molecular complexity index is 1590.